The summed E-state index contributed by atoms with van der Waals surface area (Å²) in [6.07, 6.45) is 4.12. The van der Waals surface area contributed by atoms with Crippen LogP contribution in [0.4, 0.5) is 0 Å². The number of hydrazine groups is 1. The molecule has 1 atom stereocenters. The quantitative estimate of drug-likeness (QED) is 0.628. The third-order valence-corrected chi connectivity index (χ3v) is 3.12. The second-order valence-electron chi connectivity index (χ2n) is 4.34. The van der Waals surface area contributed by atoms with Crippen molar-refractivity contribution >= 4 is 0 Å². The first kappa shape index (κ1) is 13.7. The van der Waals surface area contributed by atoms with E-state index in [1.54, 1.807) is 14.2 Å². The Morgan fingerprint density at radius 1 is 1.21 bits per heavy atom. The maximum Gasteiger partial charge on any atom is 0.122 e. The van der Waals surface area contributed by atoms with Crippen molar-refractivity contribution in [3.05, 3.63) is 35.6 Å². The zero-order valence-corrected chi connectivity index (χ0v) is 11.3. The lowest BCUT2D eigenvalue weighted by Crippen LogP contribution is -2.31. The topological polar surface area (TPSA) is 65.7 Å². The molecule has 0 fully saturated rings. The van der Waals surface area contributed by atoms with Crippen LogP contribution in [0.1, 0.15) is 24.4 Å². The lowest BCUT2D eigenvalue weighted by molar-refractivity contribution is 0.167. The molecule has 0 amide bonds. The number of ether oxygens (including phenoxy) is 3. The largest absolute Gasteiger partial charge is 0.497 e. The summed E-state index contributed by atoms with van der Waals surface area (Å²) in [5.41, 5.74) is 3.74. The Labute approximate surface area is 113 Å². The fourth-order valence-electron chi connectivity index (χ4n) is 2.12. The molecule has 0 aliphatic carbocycles. The predicted octanol–water partition coefficient (Wildman–Crippen LogP) is 1.90. The van der Waals surface area contributed by atoms with Gasteiger partial charge in [-0.25, -0.2) is 5.43 Å². The van der Waals surface area contributed by atoms with Crippen molar-refractivity contribution in [2.24, 2.45) is 5.84 Å². The van der Waals surface area contributed by atoms with Crippen LogP contribution in [-0.2, 0) is 4.74 Å². The number of allylic oxidation sites excluding steroid dienone is 1. The van der Waals surface area contributed by atoms with E-state index in [0.29, 0.717) is 0 Å². The fraction of sp³-hybridized carbons (Fsp3) is 0.429. The first-order valence-corrected chi connectivity index (χ1v) is 6.30. The van der Waals surface area contributed by atoms with Crippen LogP contribution < -0.4 is 20.7 Å². The molecule has 5 nitrogen and oxygen atoms in total. The second kappa shape index (κ2) is 6.45. The number of hydrogen-bond acceptors (Lipinski definition) is 5. The molecule has 0 aromatic heterocycles. The standard InChI is InChI=1S/C14H20N2O3/c1-17-11-7-10(8-12(9-11)18-2)14(16-15)13-5-3-4-6-19-13/h5,7-9,14,16H,3-4,6,15H2,1-2H3. The number of hydrogen-bond donors (Lipinski definition) is 2. The highest BCUT2D eigenvalue weighted by Crippen LogP contribution is 2.31. The van der Waals surface area contributed by atoms with E-state index in [0.717, 1.165) is 42.3 Å². The van der Waals surface area contributed by atoms with Crippen LogP contribution in [0.5, 0.6) is 11.5 Å². The molecule has 1 aromatic carbocycles. The van der Waals surface area contributed by atoms with Crippen LogP contribution in [-0.4, -0.2) is 20.8 Å². The minimum atomic E-state index is -0.190. The molecule has 19 heavy (non-hydrogen) atoms. The summed E-state index contributed by atoms with van der Waals surface area (Å²) in [7, 11) is 3.25. The van der Waals surface area contributed by atoms with Crippen molar-refractivity contribution in [3.8, 4) is 11.5 Å². The molecule has 0 spiro atoms. The molecule has 0 saturated heterocycles. The maximum absolute atomic E-state index is 5.67. The summed E-state index contributed by atoms with van der Waals surface area (Å²) in [5, 5.41) is 0. The van der Waals surface area contributed by atoms with Crippen LogP contribution in [0, 0.1) is 0 Å². The number of rotatable bonds is 5. The van der Waals surface area contributed by atoms with Crippen LogP contribution in [0.3, 0.4) is 0 Å². The smallest absolute Gasteiger partial charge is 0.122 e. The van der Waals surface area contributed by atoms with Gasteiger partial charge in [0.15, 0.2) is 0 Å². The molecule has 1 aliphatic rings. The molecule has 1 unspecified atom stereocenters. The van der Waals surface area contributed by atoms with Crippen molar-refractivity contribution in [1.82, 2.24) is 5.43 Å². The molecule has 3 N–H and O–H groups in total. The molecule has 1 aromatic rings. The first-order chi connectivity index (χ1) is 9.28. The zero-order chi connectivity index (χ0) is 13.7. The van der Waals surface area contributed by atoms with Crippen LogP contribution in [0.25, 0.3) is 0 Å². The van der Waals surface area contributed by atoms with E-state index in [2.05, 4.69) is 11.5 Å². The van der Waals surface area contributed by atoms with E-state index in [-0.39, 0.29) is 6.04 Å². The molecule has 5 heteroatoms. The van der Waals surface area contributed by atoms with Gasteiger partial charge in [-0.2, -0.15) is 0 Å². The normalized spacial score (nSPS) is 16.3. The summed E-state index contributed by atoms with van der Waals surface area (Å²) < 4.78 is 16.2. The average molecular weight is 264 g/mol. The van der Waals surface area contributed by atoms with Crippen LogP contribution >= 0.6 is 0 Å². The maximum atomic E-state index is 5.67. The number of nitrogens with two attached hydrogens (primary N) is 1. The predicted molar refractivity (Wildman–Crippen MR) is 72.9 cm³/mol. The van der Waals surface area contributed by atoms with Crippen molar-refractivity contribution in [1.29, 1.82) is 0 Å². The Hall–Kier alpha value is -1.72. The Kier molecular flexibility index (Phi) is 4.65. The van der Waals surface area contributed by atoms with Crippen molar-refractivity contribution in [2.45, 2.75) is 18.9 Å². The highest BCUT2D eigenvalue weighted by atomic mass is 16.5. The van der Waals surface area contributed by atoms with Gasteiger partial charge in [0, 0.05) is 6.07 Å². The van der Waals surface area contributed by atoms with Crippen molar-refractivity contribution < 1.29 is 14.2 Å². The Balaban J connectivity index is 2.33. The third kappa shape index (κ3) is 3.19. The van der Waals surface area contributed by atoms with Gasteiger partial charge in [-0.05, 0) is 36.6 Å². The SMILES string of the molecule is COc1cc(OC)cc(C(NN)C2=CCCCO2)c1. The van der Waals surface area contributed by atoms with E-state index in [1.807, 2.05) is 18.2 Å². The van der Waals surface area contributed by atoms with Gasteiger partial charge >= 0.3 is 0 Å². The summed E-state index contributed by atoms with van der Waals surface area (Å²) >= 11 is 0. The van der Waals surface area contributed by atoms with E-state index in [9.17, 15) is 0 Å². The fourth-order valence-corrected chi connectivity index (χ4v) is 2.12. The Morgan fingerprint density at radius 2 is 1.89 bits per heavy atom. The molecule has 1 heterocycles. The lowest BCUT2D eigenvalue weighted by atomic mass is 10.0. The molecule has 0 bridgehead atoms. The molecule has 104 valence electrons. The molecule has 0 radical (unpaired) electrons. The van der Waals surface area contributed by atoms with E-state index < -0.39 is 0 Å². The summed E-state index contributed by atoms with van der Waals surface area (Å²) in [4.78, 5) is 0. The second-order valence-corrected chi connectivity index (χ2v) is 4.34. The van der Waals surface area contributed by atoms with Gasteiger partial charge in [0.2, 0.25) is 0 Å². The van der Waals surface area contributed by atoms with Gasteiger partial charge in [-0.1, -0.05) is 0 Å². The summed E-state index contributed by atoms with van der Waals surface area (Å²) in [6.45, 7) is 0.727. The van der Waals surface area contributed by atoms with Gasteiger partial charge in [0.25, 0.3) is 0 Å². The third-order valence-electron chi connectivity index (χ3n) is 3.12. The number of benzene rings is 1. The molecular weight excluding hydrogens is 244 g/mol. The summed E-state index contributed by atoms with van der Waals surface area (Å²) in [5.74, 6) is 7.97. The molecule has 1 aliphatic heterocycles. The number of methoxy groups -OCH3 is 2. The Morgan fingerprint density at radius 3 is 2.37 bits per heavy atom. The average Bonchev–Trinajstić information content (AvgIpc) is 2.48. The van der Waals surface area contributed by atoms with Gasteiger partial charge < -0.3 is 14.2 Å². The van der Waals surface area contributed by atoms with Gasteiger partial charge in [0.1, 0.15) is 23.3 Å². The van der Waals surface area contributed by atoms with E-state index >= 15 is 0 Å². The lowest BCUT2D eigenvalue weighted by Gasteiger charge is -2.24. The van der Waals surface area contributed by atoms with Gasteiger partial charge in [0.05, 0.1) is 20.8 Å². The van der Waals surface area contributed by atoms with E-state index in [1.165, 1.54) is 0 Å². The van der Waals surface area contributed by atoms with E-state index in [4.69, 9.17) is 20.1 Å². The highest BCUT2D eigenvalue weighted by molar-refractivity contribution is 5.41. The zero-order valence-electron chi connectivity index (χ0n) is 11.3. The van der Waals surface area contributed by atoms with Gasteiger partial charge in [-0.15, -0.1) is 0 Å². The molecule has 0 saturated carbocycles. The monoisotopic (exact) mass is 264 g/mol. The van der Waals surface area contributed by atoms with Crippen molar-refractivity contribution in [2.75, 3.05) is 20.8 Å². The van der Waals surface area contributed by atoms with Crippen molar-refractivity contribution in [3.63, 3.8) is 0 Å². The molecule has 2 rings (SSSR count). The minimum Gasteiger partial charge on any atom is -0.497 e. The molecular formula is C14H20N2O3. The summed E-state index contributed by atoms with van der Waals surface area (Å²) in [6, 6.07) is 5.48. The Bertz CT molecular complexity index is 438. The minimum absolute atomic E-state index is 0.190. The van der Waals surface area contributed by atoms with Crippen LogP contribution in [0.2, 0.25) is 0 Å². The first-order valence-electron chi connectivity index (χ1n) is 6.30. The number of nitrogens with one attached hydrogen (secondary N) is 1. The van der Waals surface area contributed by atoms with Crippen LogP contribution in [0.15, 0.2) is 30.0 Å². The highest BCUT2D eigenvalue weighted by Gasteiger charge is 2.20. The van der Waals surface area contributed by atoms with Gasteiger partial charge in [-0.3, -0.25) is 5.84 Å².